The number of hydrogen-bond donors (Lipinski definition) is 1. The molecule has 1 aromatic carbocycles. The Kier molecular flexibility index (Phi) is 5.25. The van der Waals surface area contributed by atoms with Gasteiger partial charge in [0, 0.05) is 6.04 Å². The van der Waals surface area contributed by atoms with Gasteiger partial charge in [-0.25, -0.2) is 0 Å². The Bertz CT molecular complexity index is 516. The van der Waals surface area contributed by atoms with Crippen LogP contribution in [0.5, 0.6) is 5.75 Å². The van der Waals surface area contributed by atoms with Gasteiger partial charge in [-0.3, -0.25) is 0 Å². The molecule has 0 fully saturated rings. The summed E-state index contributed by atoms with van der Waals surface area (Å²) in [6, 6.07) is 9.14. The molecule has 0 radical (unpaired) electrons. The summed E-state index contributed by atoms with van der Waals surface area (Å²) in [5.74, 6) is 1.00. The van der Waals surface area contributed by atoms with Gasteiger partial charge in [-0.1, -0.05) is 19.1 Å². The van der Waals surface area contributed by atoms with Crippen LogP contribution in [0.4, 0.5) is 0 Å². The molecule has 3 heteroatoms. The topological polar surface area (TPSA) is 45.0 Å². The second-order valence-corrected chi connectivity index (χ2v) is 6.46. The first-order chi connectivity index (χ1) is 10.1. The molecule has 0 aliphatic heterocycles. The maximum absolute atomic E-state index is 9.05. The molecule has 2 rings (SSSR count). The Balaban J connectivity index is 2.00. The van der Waals surface area contributed by atoms with E-state index in [1.807, 2.05) is 13.8 Å². The maximum Gasteiger partial charge on any atom is 0.122 e. The molecule has 1 aromatic rings. The highest BCUT2D eigenvalue weighted by Crippen LogP contribution is 2.37. The summed E-state index contributed by atoms with van der Waals surface area (Å²) in [5.41, 5.74) is 2.42. The van der Waals surface area contributed by atoms with Crippen LogP contribution in [-0.4, -0.2) is 13.2 Å². The number of nitrogens with one attached hydrogen (secondary N) is 1. The normalized spacial score (nSPS) is 17.3. The largest absolute Gasteiger partial charge is 0.493 e. The lowest BCUT2D eigenvalue weighted by molar-refractivity contribution is 0.262. The zero-order chi connectivity index (χ0) is 15.3. The van der Waals surface area contributed by atoms with Crippen molar-refractivity contribution in [2.24, 2.45) is 5.41 Å². The zero-order valence-corrected chi connectivity index (χ0v) is 13.4. The SMILES string of the molecule is CCCNC1CCc2c(OCCC(C)(C)C#N)cccc21. The highest BCUT2D eigenvalue weighted by molar-refractivity contribution is 5.45. The number of nitriles is 1. The molecular weight excluding hydrogens is 260 g/mol. The number of nitrogens with zero attached hydrogens (tertiary/aromatic N) is 1. The molecule has 0 aromatic heterocycles. The molecule has 1 unspecified atom stereocenters. The van der Waals surface area contributed by atoms with Crippen molar-refractivity contribution >= 4 is 0 Å². The molecule has 1 atom stereocenters. The number of fused-ring (bicyclic) bond motifs is 1. The fourth-order valence-electron chi connectivity index (χ4n) is 2.76. The van der Waals surface area contributed by atoms with Crippen molar-refractivity contribution in [3.8, 4) is 11.8 Å². The minimum atomic E-state index is -0.316. The Morgan fingerprint density at radius 2 is 2.24 bits per heavy atom. The van der Waals surface area contributed by atoms with E-state index in [1.54, 1.807) is 0 Å². The lowest BCUT2D eigenvalue weighted by Crippen LogP contribution is -2.19. The molecule has 1 aliphatic rings. The highest BCUT2D eigenvalue weighted by atomic mass is 16.5. The third-order valence-corrected chi connectivity index (χ3v) is 4.16. The minimum absolute atomic E-state index is 0.316. The fourth-order valence-corrected chi connectivity index (χ4v) is 2.76. The molecule has 0 saturated heterocycles. The van der Waals surface area contributed by atoms with E-state index in [-0.39, 0.29) is 5.41 Å². The van der Waals surface area contributed by atoms with Gasteiger partial charge in [0.2, 0.25) is 0 Å². The summed E-state index contributed by atoms with van der Waals surface area (Å²) < 4.78 is 5.96. The van der Waals surface area contributed by atoms with Crippen molar-refractivity contribution in [2.75, 3.05) is 13.2 Å². The Morgan fingerprint density at radius 1 is 1.43 bits per heavy atom. The van der Waals surface area contributed by atoms with Gasteiger partial charge in [0.15, 0.2) is 0 Å². The third-order valence-electron chi connectivity index (χ3n) is 4.16. The zero-order valence-electron chi connectivity index (χ0n) is 13.4. The van der Waals surface area contributed by atoms with Crippen molar-refractivity contribution in [1.29, 1.82) is 5.26 Å². The summed E-state index contributed by atoms with van der Waals surface area (Å²) in [5, 5.41) is 12.7. The second kappa shape index (κ2) is 6.95. The van der Waals surface area contributed by atoms with Crippen molar-refractivity contribution < 1.29 is 4.74 Å². The lowest BCUT2D eigenvalue weighted by atomic mass is 9.92. The molecule has 0 heterocycles. The predicted molar refractivity (Wildman–Crippen MR) is 85.3 cm³/mol. The second-order valence-electron chi connectivity index (χ2n) is 6.46. The van der Waals surface area contributed by atoms with Crippen molar-refractivity contribution in [3.63, 3.8) is 0 Å². The van der Waals surface area contributed by atoms with Gasteiger partial charge < -0.3 is 10.1 Å². The van der Waals surface area contributed by atoms with Crippen molar-refractivity contribution in [1.82, 2.24) is 5.32 Å². The number of rotatable bonds is 7. The van der Waals surface area contributed by atoms with Crippen LogP contribution in [0.15, 0.2) is 18.2 Å². The monoisotopic (exact) mass is 286 g/mol. The van der Waals surface area contributed by atoms with Crippen molar-refractivity contribution in [3.05, 3.63) is 29.3 Å². The van der Waals surface area contributed by atoms with Crippen molar-refractivity contribution in [2.45, 2.75) is 52.5 Å². The van der Waals surface area contributed by atoms with E-state index in [9.17, 15) is 0 Å². The molecule has 3 nitrogen and oxygen atoms in total. The number of benzene rings is 1. The Morgan fingerprint density at radius 3 is 2.95 bits per heavy atom. The molecule has 0 bridgehead atoms. The van der Waals surface area contributed by atoms with Crippen LogP contribution < -0.4 is 10.1 Å². The third kappa shape index (κ3) is 3.98. The van der Waals surface area contributed by atoms with E-state index in [2.05, 4.69) is 36.5 Å². The first-order valence-corrected chi connectivity index (χ1v) is 7.96. The van der Waals surface area contributed by atoms with Crippen LogP contribution in [0, 0.1) is 16.7 Å². The van der Waals surface area contributed by atoms with E-state index in [1.165, 1.54) is 11.1 Å². The van der Waals surface area contributed by atoms with Crippen LogP contribution in [-0.2, 0) is 6.42 Å². The van der Waals surface area contributed by atoms with Gasteiger partial charge >= 0.3 is 0 Å². The molecule has 114 valence electrons. The van der Waals surface area contributed by atoms with Crippen LogP contribution >= 0.6 is 0 Å². The van der Waals surface area contributed by atoms with Gasteiger partial charge in [-0.2, -0.15) is 5.26 Å². The van der Waals surface area contributed by atoms with E-state index in [4.69, 9.17) is 10.00 Å². The average molecular weight is 286 g/mol. The summed E-state index contributed by atoms with van der Waals surface area (Å²) >= 11 is 0. The Hall–Kier alpha value is -1.53. The molecule has 0 saturated carbocycles. The quantitative estimate of drug-likeness (QED) is 0.824. The van der Waals surface area contributed by atoms with E-state index >= 15 is 0 Å². The average Bonchev–Trinajstić information content (AvgIpc) is 2.89. The minimum Gasteiger partial charge on any atom is -0.493 e. The fraction of sp³-hybridized carbons (Fsp3) is 0.611. The molecule has 21 heavy (non-hydrogen) atoms. The standard InChI is InChI=1S/C18H26N2O/c1-4-11-20-16-9-8-15-14(16)6-5-7-17(15)21-12-10-18(2,3)13-19/h5-7,16,20H,4,8-12H2,1-3H3. The van der Waals surface area contributed by atoms with Gasteiger partial charge in [-0.15, -0.1) is 0 Å². The molecule has 0 amide bonds. The van der Waals surface area contributed by atoms with Crippen LogP contribution in [0.2, 0.25) is 0 Å². The summed E-state index contributed by atoms with van der Waals surface area (Å²) in [6.07, 6.45) is 4.14. The molecule has 0 spiro atoms. The number of ether oxygens (including phenoxy) is 1. The van der Waals surface area contributed by atoms with Gasteiger partial charge in [0.1, 0.15) is 5.75 Å². The molecule has 1 N–H and O–H groups in total. The molecule has 1 aliphatic carbocycles. The van der Waals surface area contributed by atoms with Gasteiger partial charge in [0.25, 0.3) is 0 Å². The lowest BCUT2D eigenvalue weighted by Gasteiger charge is -2.17. The highest BCUT2D eigenvalue weighted by Gasteiger charge is 2.25. The predicted octanol–water partition coefficient (Wildman–Crippen LogP) is 3.99. The van der Waals surface area contributed by atoms with Crippen LogP contribution in [0.1, 0.15) is 57.2 Å². The molecular formula is C18H26N2O. The number of hydrogen-bond acceptors (Lipinski definition) is 3. The van der Waals surface area contributed by atoms with E-state index < -0.39 is 0 Å². The van der Waals surface area contributed by atoms with Gasteiger partial charge in [-0.05, 0) is 63.3 Å². The first-order valence-electron chi connectivity index (χ1n) is 7.96. The smallest absolute Gasteiger partial charge is 0.122 e. The summed E-state index contributed by atoms with van der Waals surface area (Å²) in [6.45, 7) is 7.77. The first kappa shape index (κ1) is 15.9. The van der Waals surface area contributed by atoms with E-state index in [0.29, 0.717) is 12.6 Å². The maximum atomic E-state index is 9.05. The van der Waals surface area contributed by atoms with E-state index in [0.717, 1.165) is 38.0 Å². The Labute approximate surface area is 128 Å². The van der Waals surface area contributed by atoms with Crippen LogP contribution in [0.3, 0.4) is 0 Å². The van der Waals surface area contributed by atoms with Gasteiger partial charge in [0.05, 0.1) is 18.1 Å². The summed E-state index contributed by atoms with van der Waals surface area (Å²) in [7, 11) is 0. The van der Waals surface area contributed by atoms with Crippen LogP contribution in [0.25, 0.3) is 0 Å². The summed E-state index contributed by atoms with van der Waals surface area (Å²) in [4.78, 5) is 0.